The summed E-state index contributed by atoms with van der Waals surface area (Å²) in [5.74, 6) is 0.476. The van der Waals surface area contributed by atoms with Crippen molar-refractivity contribution in [2.45, 2.75) is 6.42 Å². The normalized spacial score (nSPS) is 13.3. The first-order chi connectivity index (χ1) is 8.25. The second-order valence-corrected chi connectivity index (χ2v) is 4.21. The molecule has 2 heteroatoms. The molecule has 0 spiro atoms. The van der Waals surface area contributed by atoms with Crippen LogP contribution >= 0.6 is 0 Å². The molecule has 0 atom stereocenters. The monoisotopic (exact) mass is 224 g/mol. The minimum Gasteiger partial charge on any atom is -0.508 e. The molecule has 0 radical (unpaired) electrons. The lowest BCUT2D eigenvalue weighted by atomic mass is 10.0. The Morgan fingerprint density at radius 2 is 1.53 bits per heavy atom. The van der Waals surface area contributed by atoms with Crippen molar-refractivity contribution in [3.05, 3.63) is 59.2 Å². The zero-order valence-electron chi connectivity index (χ0n) is 9.22. The van der Waals surface area contributed by atoms with Crippen molar-refractivity contribution in [3.8, 4) is 11.5 Å². The molecule has 0 heterocycles. The van der Waals surface area contributed by atoms with Gasteiger partial charge in [0.15, 0.2) is 0 Å². The number of aromatic hydroxyl groups is 2. The summed E-state index contributed by atoms with van der Waals surface area (Å²) >= 11 is 0. The van der Waals surface area contributed by atoms with Gasteiger partial charge in [-0.15, -0.1) is 0 Å². The van der Waals surface area contributed by atoms with Crippen molar-refractivity contribution in [3.63, 3.8) is 0 Å². The molecule has 3 rings (SSSR count). The molecule has 0 aromatic heterocycles. The summed E-state index contributed by atoms with van der Waals surface area (Å²) in [5.41, 5.74) is 3.80. The molecule has 0 unspecified atom stereocenters. The highest BCUT2D eigenvalue weighted by atomic mass is 16.3. The van der Waals surface area contributed by atoms with Crippen LogP contribution in [0.25, 0.3) is 11.6 Å². The molecule has 1 aliphatic carbocycles. The molecule has 2 nitrogen and oxygen atoms in total. The molecule has 2 N–H and O–H groups in total. The Labute approximate surface area is 99.5 Å². The average molecular weight is 224 g/mol. The third-order valence-electron chi connectivity index (χ3n) is 3.14. The lowest BCUT2D eigenvalue weighted by Gasteiger charge is -2.04. The summed E-state index contributed by atoms with van der Waals surface area (Å²) in [7, 11) is 0. The molecule has 0 aliphatic heterocycles. The highest BCUT2D eigenvalue weighted by molar-refractivity contribution is 5.91. The highest BCUT2D eigenvalue weighted by Gasteiger charge is 2.19. The van der Waals surface area contributed by atoms with Crippen LogP contribution in [0.2, 0.25) is 0 Å². The van der Waals surface area contributed by atoms with Gasteiger partial charge in [-0.05, 0) is 29.3 Å². The molecule has 2 aromatic carbocycles. The zero-order chi connectivity index (χ0) is 11.8. The third-order valence-corrected chi connectivity index (χ3v) is 3.14. The molecule has 17 heavy (non-hydrogen) atoms. The van der Waals surface area contributed by atoms with Crippen molar-refractivity contribution < 1.29 is 10.2 Å². The van der Waals surface area contributed by atoms with Crippen LogP contribution in [0, 0.1) is 0 Å². The van der Waals surface area contributed by atoms with Gasteiger partial charge in [0.2, 0.25) is 0 Å². The van der Waals surface area contributed by atoms with Crippen LogP contribution in [0.3, 0.4) is 0 Å². The first kappa shape index (κ1) is 9.97. The molecule has 1 aliphatic rings. The Balaban J connectivity index is 2.09. The van der Waals surface area contributed by atoms with E-state index in [1.165, 1.54) is 12.1 Å². The fourth-order valence-corrected chi connectivity index (χ4v) is 2.24. The van der Waals surface area contributed by atoms with Crippen LogP contribution in [0.1, 0.15) is 16.7 Å². The fraction of sp³-hybridized carbons (Fsp3) is 0.0667. The van der Waals surface area contributed by atoms with E-state index in [2.05, 4.69) is 0 Å². The second-order valence-electron chi connectivity index (χ2n) is 4.21. The van der Waals surface area contributed by atoms with Gasteiger partial charge in [-0.3, -0.25) is 0 Å². The SMILES string of the molecule is Oc1ccc(O)c2c1C=C(c1ccccc1)C2. The van der Waals surface area contributed by atoms with Gasteiger partial charge in [-0.25, -0.2) is 0 Å². The van der Waals surface area contributed by atoms with Crippen LogP contribution in [0.5, 0.6) is 11.5 Å². The summed E-state index contributed by atoms with van der Waals surface area (Å²) in [6, 6.07) is 13.1. The van der Waals surface area contributed by atoms with E-state index in [0.717, 1.165) is 22.3 Å². The maximum atomic E-state index is 9.78. The Morgan fingerprint density at radius 1 is 0.824 bits per heavy atom. The number of hydrogen-bond donors (Lipinski definition) is 2. The van der Waals surface area contributed by atoms with Crippen LogP contribution in [0.15, 0.2) is 42.5 Å². The van der Waals surface area contributed by atoms with Crippen molar-refractivity contribution in [1.82, 2.24) is 0 Å². The second kappa shape index (κ2) is 3.67. The summed E-state index contributed by atoms with van der Waals surface area (Å²) in [4.78, 5) is 0. The number of allylic oxidation sites excluding steroid dienone is 1. The van der Waals surface area contributed by atoms with Crippen LogP contribution in [0.4, 0.5) is 0 Å². The van der Waals surface area contributed by atoms with E-state index in [0.29, 0.717) is 6.42 Å². The maximum absolute atomic E-state index is 9.78. The van der Waals surface area contributed by atoms with E-state index < -0.39 is 0 Å². The molecular weight excluding hydrogens is 212 g/mol. The predicted octanol–water partition coefficient (Wildman–Crippen LogP) is 3.19. The topological polar surface area (TPSA) is 40.5 Å². The van der Waals surface area contributed by atoms with Gasteiger partial charge in [0.1, 0.15) is 11.5 Å². The minimum atomic E-state index is 0.226. The quantitative estimate of drug-likeness (QED) is 0.730. The largest absolute Gasteiger partial charge is 0.508 e. The van der Waals surface area contributed by atoms with Crippen molar-refractivity contribution >= 4 is 11.6 Å². The van der Waals surface area contributed by atoms with E-state index in [4.69, 9.17) is 0 Å². The van der Waals surface area contributed by atoms with Gasteiger partial charge in [0.25, 0.3) is 0 Å². The zero-order valence-corrected chi connectivity index (χ0v) is 9.22. The smallest absolute Gasteiger partial charge is 0.123 e. The van der Waals surface area contributed by atoms with E-state index in [9.17, 15) is 10.2 Å². The first-order valence-electron chi connectivity index (χ1n) is 5.55. The van der Waals surface area contributed by atoms with Gasteiger partial charge >= 0.3 is 0 Å². The fourth-order valence-electron chi connectivity index (χ4n) is 2.24. The van der Waals surface area contributed by atoms with Crippen LogP contribution < -0.4 is 0 Å². The number of phenolic OH excluding ortho intramolecular Hbond substituents is 2. The van der Waals surface area contributed by atoms with Crippen molar-refractivity contribution in [2.24, 2.45) is 0 Å². The summed E-state index contributed by atoms with van der Waals surface area (Å²) < 4.78 is 0. The van der Waals surface area contributed by atoms with Gasteiger partial charge in [0.05, 0.1) is 0 Å². The third kappa shape index (κ3) is 1.58. The van der Waals surface area contributed by atoms with Gasteiger partial charge in [0, 0.05) is 17.5 Å². The number of benzene rings is 2. The molecule has 2 aromatic rings. The highest BCUT2D eigenvalue weighted by Crippen LogP contribution is 2.40. The number of phenols is 2. The van der Waals surface area contributed by atoms with Gasteiger partial charge < -0.3 is 10.2 Å². The molecule has 0 amide bonds. The lowest BCUT2D eigenvalue weighted by molar-refractivity contribution is 0.455. The number of hydrogen-bond acceptors (Lipinski definition) is 2. The molecular formula is C15H12O2. The summed E-state index contributed by atoms with van der Waals surface area (Å²) in [6.07, 6.45) is 2.61. The number of rotatable bonds is 1. The standard InChI is InChI=1S/C15H12O2/c16-14-6-7-15(17)13-9-11(8-12(13)14)10-4-2-1-3-5-10/h1-8,16-17H,9H2. The van der Waals surface area contributed by atoms with Crippen molar-refractivity contribution in [1.29, 1.82) is 0 Å². The molecule has 0 saturated carbocycles. The average Bonchev–Trinajstić information content (AvgIpc) is 2.81. The Morgan fingerprint density at radius 3 is 2.24 bits per heavy atom. The van der Waals surface area contributed by atoms with E-state index >= 15 is 0 Å². The van der Waals surface area contributed by atoms with Crippen LogP contribution in [-0.4, -0.2) is 10.2 Å². The maximum Gasteiger partial charge on any atom is 0.123 e. The molecule has 0 bridgehead atoms. The number of fused-ring (bicyclic) bond motifs is 1. The van der Waals surface area contributed by atoms with E-state index in [-0.39, 0.29) is 11.5 Å². The van der Waals surface area contributed by atoms with Crippen molar-refractivity contribution in [2.75, 3.05) is 0 Å². The lowest BCUT2D eigenvalue weighted by Crippen LogP contribution is -1.86. The summed E-state index contributed by atoms with van der Waals surface area (Å²) in [5, 5.41) is 19.5. The molecule has 0 fully saturated rings. The minimum absolute atomic E-state index is 0.226. The summed E-state index contributed by atoms with van der Waals surface area (Å²) in [6.45, 7) is 0. The van der Waals surface area contributed by atoms with E-state index in [1.807, 2.05) is 36.4 Å². The molecule has 84 valence electrons. The van der Waals surface area contributed by atoms with Gasteiger partial charge in [-0.2, -0.15) is 0 Å². The Kier molecular flexibility index (Phi) is 2.15. The predicted molar refractivity (Wildman–Crippen MR) is 67.8 cm³/mol. The van der Waals surface area contributed by atoms with Crippen LogP contribution in [-0.2, 0) is 6.42 Å². The Bertz CT molecular complexity index is 598. The van der Waals surface area contributed by atoms with Gasteiger partial charge in [-0.1, -0.05) is 30.3 Å². The first-order valence-corrected chi connectivity index (χ1v) is 5.55. The van der Waals surface area contributed by atoms with E-state index in [1.54, 1.807) is 0 Å². The molecule has 0 saturated heterocycles. The Hall–Kier alpha value is -2.22.